The van der Waals surface area contributed by atoms with Crippen LogP contribution in [0.1, 0.15) is 5.56 Å². The molecule has 132 valence electrons. The lowest BCUT2D eigenvalue weighted by molar-refractivity contribution is 0.354. The predicted molar refractivity (Wildman–Crippen MR) is 95.5 cm³/mol. The maximum absolute atomic E-state index is 6.48. The fourth-order valence-electron chi connectivity index (χ4n) is 2.55. The maximum Gasteiger partial charge on any atom is 0.211 e. The van der Waals surface area contributed by atoms with E-state index >= 15 is 0 Å². The van der Waals surface area contributed by atoms with Gasteiger partial charge < -0.3 is 20.1 Å². The van der Waals surface area contributed by atoms with Crippen LogP contribution in [0.2, 0.25) is 0 Å². The summed E-state index contributed by atoms with van der Waals surface area (Å²) in [6.45, 7) is 1.12. The average Bonchev–Trinajstić information content (AvgIpc) is 3.16. The summed E-state index contributed by atoms with van der Waals surface area (Å²) in [5.41, 5.74) is 7.05. The fourth-order valence-corrected chi connectivity index (χ4v) is 2.82. The number of halogens is 1. The number of methoxy groups -OCH3 is 2. The summed E-state index contributed by atoms with van der Waals surface area (Å²) < 4.78 is 10.6. The Morgan fingerprint density at radius 1 is 1.16 bits per heavy atom. The molecule has 0 atom stereocenters. The third-order valence-corrected chi connectivity index (χ3v) is 4.20. The summed E-state index contributed by atoms with van der Waals surface area (Å²) in [6, 6.07) is 5.83. The SMILES string of the molecule is COc1ccc(CCN2CC(N)=NC(n3nccn3)=C2Cl)cc1OC. The molecule has 1 aliphatic rings. The molecule has 8 nitrogen and oxygen atoms in total. The Labute approximate surface area is 150 Å². The van der Waals surface area contributed by atoms with Crippen molar-refractivity contribution >= 4 is 23.3 Å². The third-order valence-electron chi connectivity index (χ3n) is 3.79. The smallest absolute Gasteiger partial charge is 0.211 e. The van der Waals surface area contributed by atoms with E-state index in [1.165, 1.54) is 4.80 Å². The molecule has 25 heavy (non-hydrogen) atoms. The second kappa shape index (κ2) is 7.43. The number of benzene rings is 1. The Hall–Kier alpha value is -2.74. The highest BCUT2D eigenvalue weighted by molar-refractivity contribution is 6.32. The molecule has 3 rings (SSSR count). The molecule has 0 fully saturated rings. The van der Waals surface area contributed by atoms with Crippen molar-refractivity contribution in [1.29, 1.82) is 0 Å². The van der Waals surface area contributed by atoms with E-state index in [9.17, 15) is 0 Å². The average molecular weight is 363 g/mol. The molecule has 0 radical (unpaired) electrons. The summed E-state index contributed by atoms with van der Waals surface area (Å²) >= 11 is 6.48. The second-order valence-electron chi connectivity index (χ2n) is 5.40. The number of nitrogens with zero attached hydrogens (tertiary/aromatic N) is 5. The minimum absolute atomic E-state index is 0.419. The van der Waals surface area contributed by atoms with Crippen LogP contribution in [-0.2, 0) is 6.42 Å². The normalized spacial score (nSPS) is 14.5. The first-order chi connectivity index (χ1) is 12.1. The van der Waals surface area contributed by atoms with E-state index in [-0.39, 0.29) is 0 Å². The first-order valence-corrected chi connectivity index (χ1v) is 8.05. The number of rotatable bonds is 6. The largest absolute Gasteiger partial charge is 0.493 e. The van der Waals surface area contributed by atoms with Gasteiger partial charge in [-0.3, -0.25) is 0 Å². The van der Waals surface area contributed by atoms with Crippen LogP contribution < -0.4 is 15.2 Å². The van der Waals surface area contributed by atoms with E-state index in [2.05, 4.69) is 15.2 Å². The molecule has 0 amide bonds. The van der Waals surface area contributed by atoms with Crippen LogP contribution in [-0.4, -0.2) is 53.0 Å². The molecular formula is C16H19ClN6O2. The zero-order chi connectivity index (χ0) is 17.8. The van der Waals surface area contributed by atoms with Crippen LogP contribution in [0.15, 0.2) is 40.7 Å². The number of ether oxygens (including phenoxy) is 2. The Kier molecular flexibility index (Phi) is 5.08. The van der Waals surface area contributed by atoms with Gasteiger partial charge in [-0.15, -0.1) is 4.80 Å². The van der Waals surface area contributed by atoms with Gasteiger partial charge in [-0.1, -0.05) is 17.7 Å². The standard InChI is InChI=1S/C16H19ClN6O2/c1-24-12-4-3-11(9-13(12)25-2)5-8-22-10-14(18)21-16(15(22)17)23-19-6-7-20-23/h3-4,6-7,9H,5,8,10H2,1-2H3,(H2,18,21). The van der Waals surface area contributed by atoms with Gasteiger partial charge in [0.2, 0.25) is 5.82 Å². The third kappa shape index (κ3) is 3.69. The van der Waals surface area contributed by atoms with Crippen molar-refractivity contribution in [3.63, 3.8) is 0 Å². The van der Waals surface area contributed by atoms with Crippen LogP contribution in [0.5, 0.6) is 11.5 Å². The molecule has 9 heteroatoms. The van der Waals surface area contributed by atoms with Gasteiger partial charge in [-0.25, -0.2) is 4.99 Å². The van der Waals surface area contributed by atoms with Gasteiger partial charge >= 0.3 is 0 Å². The molecule has 2 N–H and O–H groups in total. The molecular weight excluding hydrogens is 344 g/mol. The van der Waals surface area contributed by atoms with Gasteiger partial charge in [-0.2, -0.15) is 10.2 Å². The summed E-state index contributed by atoms with van der Waals surface area (Å²) in [5, 5.41) is 8.59. The highest BCUT2D eigenvalue weighted by atomic mass is 35.5. The van der Waals surface area contributed by atoms with Crippen molar-refractivity contribution in [3.8, 4) is 11.5 Å². The quantitative estimate of drug-likeness (QED) is 0.784. The van der Waals surface area contributed by atoms with Crippen molar-refractivity contribution in [3.05, 3.63) is 41.3 Å². The molecule has 1 aromatic carbocycles. The molecule has 0 unspecified atom stereocenters. The number of amidine groups is 1. The number of hydrogen-bond donors (Lipinski definition) is 1. The van der Waals surface area contributed by atoms with E-state index in [1.807, 2.05) is 23.1 Å². The van der Waals surface area contributed by atoms with Gasteiger partial charge in [0.25, 0.3) is 0 Å². The first kappa shape index (κ1) is 17.1. The first-order valence-electron chi connectivity index (χ1n) is 7.67. The molecule has 0 saturated heterocycles. The summed E-state index contributed by atoms with van der Waals surface area (Å²) in [5.74, 6) is 2.28. The van der Waals surface area contributed by atoms with E-state index in [1.54, 1.807) is 26.6 Å². The Morgan fingerprint density at radius 2 is 1.88 bits per heavy atom. The fraction of sp³-hybridized carbons (Fsp3) is 0.312. The van der Waals surface area contributed by atoms with Crippen molar-refractivity contribution in [2.45, 2.75) is 6.42 Å². The van der Waals surface area contributed by atoms with Gasteiger partial charge in [0.05, 0.1) is 33.2 Å². The lowest BCUT2D eigenvalue weighted by atomic mass is 10.1. The van der Waals surface area contributed by atoms with Crippen molar-refractivity contribution < 1.29 is 9.47 Å². The van der Waals surface area contributed by atoms with E-state index in [0.29, 0.717) is 41.4 Å². The van der Waals surface area contributed by atoms with E-state index in [0.717, 1.165) is 12.0 Å². The van der Waals surface area contributed by atoms with E-state index < -0.39 is 0 Å². The van der Waals surface area contributed by atoms with Crippen LogP contribution >= 0.6 is 11.6 Å². The summed E-state index contributed by atoms with van der Waals surface area (Å²) in [7, 11) is 3.23. The van der Waals surface area contributed by atoms with Crippen LogP contribution in [0, 0.1) is 0 Å². The highest BCUT2D eigenvalue weighted by Gasteiger charge is 2.22. The van der Waals surface area contributed by atoms with Gasteiger partial charge in [0.1, 0.15) is 5.84 Å². The number of aromatic nitrogens is 3. The molecule has 1 aliphatic heterocycles. The zero-order valence-electron chi connectivity index (χ0n) is 14.0. The molecule has 2 aromatic rings. The van der Waals surface area contributed by atoms with Crippen molar-refractivity contribution in [2.75, 3.05) is 27.3 Å². The molecule has 0 aliphatic carbocycles. The van der Waals surface area contributed by atoms with Crippen molar-refractivity contribution in [1.82, 2.24) is 19.9 Å². The van der Waals surface area contributed by atoms with Crippen LogP contribution in [0.3, 0.4) is 0 Å². The van der Waals surface area contributed by atoms with Gasteiger partial charge in [0, 0.05) is 6.54 Å². The minimum atomic E-state index is 0.419. The second-order valence-corrected chi connectivity index (χ2v) is 5.75. The summed E-state index contributed by atoms with van der Waals surface area (Å²) in [6.07, 6.45) is 3.88. The van der Waals surface area contributed by atoms with Crippen LogP contribution in [0.25, 0.3) is 5.82 Å². The van der Waals surface area contributed by atoms with E-state index in [4.69, 9.17) is 26.8 Å². The number of hydrogen-bond acceptors (Lipinski definition) is 7. The number of nitrogens with two attached hydrogens (primary N) is 1. The Balaban J connectivity index is 1.76. The molecule has 0 saturated carbocycles. The molecule has 0 bridgehead atoms. The van der Waals surface area contributed by atoms with Crippen LogP contribution in [0.4, 0.5) is 0 Å². The zero-order valence-corrected chi connectivity index (χ0v) is 14.8. The van der Waals surface area contributed by atoms with Gasteiger partial charge in [0.15, 0.2) is 16.7 Å². The Bertz CT molecular complexity index is 803. The van der Waals surface area contributed by atoms with Crippen molar-refractivity contribution in [2.24, 2.45) is 10.7 Å². The highest BCUT2D eigenvalue weighted by Crippen LogP contribution is 2.28. The predicted octanol–water partition coefficient (Wildman–Crippen LogP) is 1.53. The molecule has 2 heterocycles. The minimum Gasteiger partial charge on any atom is -0.493 e. The Morgan fingerprint density at radius 3 is 2.56 bits per heavy atom. The topological polar surface area (TPSA) is 90.8 Å². The van der Waals surface area contributed by atoms with Gasteiger partial charge in [-0.05, 0) is 24.1 Å². The molecule has 1 aromatic heterocycles. The maximum atomic E-state index is 6.48. The lowest BCUT2D eigenvalue weighted by Gasteiger charge is -2.27. The summed E-state index contributed by atoms with van der Waals surface area (Å²) in [4.78, 5) is 7.57. The number of aliphatic imine (C=N–C) groups is 1. The lowest BCUT2D eigenvalue weighted by Crippen LogP contribution is -2.37. The monoisotopic (exact) mass is 362 g/mol. The molecule has 0 spiro atoms.